The van der Waals surface area contributed by atoms with E-state index >= 15 is 0 Å². The molecule has 1 saturated carbocycles. The van der Waals surface area contributed by atoms with Gasteiger partial charge in [0.05, 0.1) is 5.92 Å². The van der Waals surface area contributed by atoms with Crippen LogP contribution in [0.3, 0.4) is 0 Å². The molecule has 2 atom stereocenters. The minimum Gasteiger partial charge on any atom is -0.356 e. The Labute approximate surface area is 109 Å². The van der Waals surface area contributed by atoms with Crippen LogP contribution in [0.1, 0.15) is 51.9 Å². The molecule has 0 radical (unpaired) electrons. The lowest BCUT2D eigenvalue weighted by molar-refractivity contribution is -0.136. The van der Waals surface area contributed by atoms with Crippen molar-refractivity contribution in [3.05, 3.63) is 0 Å². The van der Waals surface area contributed by atoms with E-state index in [1.807, 2.05) is 11.8 Å². The summed E-state index contributed by atoms with van der Waals surface area (Å²) in [6.07, 6.45) is 6.71. The molecule has 1 saturated heterocycles. The zero-order chi connectivity index (χ0) is 13.0. The van der Waals surface area contributed by atoms with Crippen LogP contribution in [0.15, 0.2) is 0 Å². The highest BCUT2D eigenvalue weighted by atomic mass is 16.2. The molecule has 0 bridgehead atoms. The molecule has 4 heteroatoms. The number of hydrogen-bond donors (Lipinski definition) is 1. The molecule has 0 aromatic carbocycles. The Balaban J connectivity index is 2.14. The summed E-state index contributed by atoms with van der Waals surface area (Å²) >= 11 is 0. The number of nitrogens with zero attached hydrogens (tertiary/aromatic N) is 1. The van der Waals surface area contributed by atoms with Crippen LogP contribution >= 0.6 is 0 Å². The summed E-state index contributed by atoms with van der Waals surface area (Å²) in [6, 6.07) is 0.149. The van der Waals surface area contributed by atoms with Gasteiger partial charge in [0.25, 0.3) is 0 Å². The van der Waals surface area contributed by atoms with Crippen molar-refractivity contribution in [3.63, 3.8) is 0 Å². The molecule has 4 nitrogen and oxygen atoms in total. The number of carbonyl (C=O) groups excluding carboxylic acids is 2. The highest BCUT2D eigenvalue weighted by Crippen LogP contribution is 2.31. The average Bonchev–Trinajstić information content (AvgIpc) is 2.85. The third kappa shape index (κ3) is 2.85. The molecule has 1 aliphatic carbocycles. The van der Waals surface area contributed by atoms with Crippen molar-refractivity contribution in [2.75, 3.05) is 13.1 Å². The van der Waals surface area contributed by atoms with Gasteiger partial charge < -0.3 is 10.2 Å². The summed E-state index contributed by atoms with van der Waals surface area (Å²) in [4.78, 5) is 26.2. The zero-order valence-corrected chi connectivity index (χ0v) is 11.3. The van der Waals surface area contributed by atoms with Crippen LogP contribution in [0.4, 0.5) is 0 Å². The van der Waals surface area contributed by atoms with Crippen molar-refractivity contribution in [3.8, 4) is 0 Å². The topological polar surface area (TPSA) is 49.4 Å². The van der Waals surface area contributed by atoms with Crippen molar-refractivity contribution in [2.45, 2.75) is 57.9 Å². The van der Waals surface area contributed by atoms with E-state index in [9.17, 15) is 9.59 Å². The summed E-state index contributed by atoms with van der Waals surface area (Å²) in [5.41, 5.74) is 0. The zero-order valence-electron chi connectivity index (χ0n) is 11.3. The van der Waals surface area contributed by atoms with E-state index in [0.717, 1.165) is 51.6 Å². The Hall–Kier alpha value is -1.06. The van der Waals surface area contributed by atoms with Crippen LogP contribution in [-0.2, 0) is 9.59 Å². The maximum absolute atomic E-state index is 12.1. The largest absolute Gasteiger partial charge is 0.356 e. The number of fused-ring (bicyclic) bond motifs is 1. The molecule has 2 aliphatic rings. The second-order valence-corrected chi connectivity index (χ2v) is 5.40. The van der Waals surface area contributed by atoms with E-state index < -0.39 is 0 Å². The highest BCUT2D eigenvalue weighted by molar-refractivity contribution is 5.82. The van der Waals surface area contributed by atoms with Crippen molar-refractivity contribution < 1.29 is 9.59 Å². The van der Waals surface area contributed by atoms with E-state index in [2.05, 4.69) is 5.32 Å². The van der Waals surface area contributed by atoms with Gasteiger partial charge >= 0.3 is 0 Å². The summed E-state index contributed by atoms with van der Waals surface area (Å²) in [5.74, 6) is 0.396. The van der Waals surface area contributed by atoms with Gasteiger partial charge in [-0.2, -0.15) is 0 Å². The number of rotatable bonds is 1. The SMILES string of the molecule is CCC(=O)N1CCCCCNC(=O)C2CCCC21. The van der Waals surface area contributed by atoms with Crippen molar-refractivity contribution in [1.29, 1.82) is 0 Å². The maximum atomic E-state index is 12.1. The van der Waals surface area contributed by atoms with Crippen LogP contribution < -0.4 is 5.32 Å². The standard InChI is InChI=1S/C14H24N2O2/c1-2-13(17)16-10-5-3-4-9-15-14(18)11-7-6-8-12(11)16/h11-12H,2-10H2,1H3,(H,15,18). The maximum Gasteiger partial charge on any atom is 0.225 e. The van der Waals surface area contributed by atoms with Crippen LogP contribution in [0.5, 0.6) is 0 Å². The fourth-order valence-electron chi connectivity index (χ4n) is 3.22. The number of hydrogen-bond acceptors (Lipinski definition) is 2. The van der Waals surface area contributed by atoms with E-state index in [1.54, 1.807) is 0 Å². The number of carbonyl (C=O) groups is 2. The molecule has 2 amide bonds. The fourth-order valence-corrected chi connectivity index (χ4v) is 3.22. The fraction of sp³-hybridized carbons (Fsp3) is 0.857. The first-order chi connectivity index (χ1) is 8.74. The normalized spacial score (nSPS) is 29.6. The molecule has 1 N–H and O–H groups in total. The minimum atomic E-state index is 0.0265. The lowest BCUT2D eigenvalue weighted by atomic mass is 9.99. The highest BCUT2D eigenvalue weighted by Gasteiger charge is 2.38. The molecule has 2 rings (SSSR count). The lowest BCUT2D eigenvalue weighted by Gasteiger charge is -2.33. The minimum absolute atomic E-state index is 0.0265. The van der Waals surface area contributed by atoms with E-state index in [4.69, 9.17) is 0 Å². The van der Waals surface area contributed by atoms with Gasteiger partial charge in [-0.05, 0) is 32.1 Å². The van der Waals surface area contributed by atoms with Crippen molar-refractivity contribution >= 4 is 11.8 Å². The van der Waals surface area contributed by atoms with Crippen LogP contribution in [0.25, 0.3) is 0 Å². The quantitative estimate of drug-likeness (QED) is 0.772. The lowest BCUT2D eigenvalue weighted by Crippen LogP contribution is -2.48. The van der Waals surface area contributed by atoms with Gasteiger partial charge in [-0.25, -0.2) is 0 Å². The Morgan fingerprint density at radius 3 is 2.89 bits per heavy atom. The number of amides is 2. The predicted molar refractivity (Wildman–Crippen MR) is 70.0 cm³/mol. The second kappa shape index (κ2) is 6.21. The van der Waals surface area contributed by atoms with Gasteiger partial charge in [-0.15, -0.1) is 0 Å². The van der Waals surface area contributed by atoms with E-state index in [0.29, 0.717) is 6.42 Å². The first-order valence-corrected chi connectivity index (χ1v) is 7.31. The average molecular weight is 252 g/mol. The van der Waals surface area contributed by atoms with Gasteiger partial charge in [0.15, 0.2) is 0 Å². The summed E-state index contributed by atoms with van der Waals surface area (Å²) in [7, 11) is 0. The summed E-state index contributed by atoms with van der Waals surface area (Å²) in [5, 5.41) is 3.02. The third-order valence-electron chi connectivity index (χ3n) is 4.21. The van der Waals surface area contributed by atoms with Gasteiger partial charge in [0.1, 0.15) is 0 Å². The monoisotopic (exact) mass is 252 g/mol. The Bertz CT molecular complexity index is 317. The predicted octanol–water partition coefficient (Wildman–Crippen LogP) is 1.69. The van der Waals surface area contributed by atoms with Gasteiger partial charge in [-0.3, -0.25) is 9.59 Å². The first kappa shape index (κ1) is 13.4. The molecule has 1 aliphatic heterocycles. The van der Waals surface area contributed by atoms with E-state index in [1.165, 1.54) is 0 Å². The van der Waals surface area contributed by atoms with Crippen LogP contribution in [-0.4, -0.2) is 35.8 Å². The van der Waals surface area contributed by atoms with Crippen molar-refractivity contribution in [2.24, 2.45) is 5.92 Å². The first-order valence-electron chi connectivity index (χ1n) is 7.31. The summed E-state index contributed by atoms with van der Waals surface area (Å²) in [6.45, 7) is 3.54. The Kier molecular flexibility index (Phi) is 4.61. The molecule has 0 aromatic rings. The number of nitrogens with one attached hydrogen (secondary N) is 1. The molecule has 18 heavy (non-hydrogen) atoms. The molecule has 0 aromatic heterocycles. The second-order valence-electron chi connectivity index (χ2n) is 5.40. The van der Waals surface area contributed by atoms with E-state index in [-0.39, 0.29) is 23.8 Å². The van der Waals surface area contributed by atoms with Gasteiger partial charge in [0, 0.05) is 25.6 Å². The Morgan fingerprint density at radius 2 is 2.11 bits per heavy atom. The smallest absolute Gasteiger partial charge is 0.225 e. The third-order valence-corrected chi connectivity index (χ3v) is 4.21. The van der Waals surface area contributed by atoms with Crippen LogP contribution in [0, 0.1) is 5.92 Å². The van der Waals surface area contributed by atoms with Crippen molar-refractivity contribution in [1.82, 2.24) is 10.2 Å². The Morgan fingerprint density at radius 1 is 1.28 bits per heavy atom. The molecule has 102 valence electrons. The van der Waals surface area contributed by atoms with Gasteiger partial charge in [0.2, 0.25) is 11.8 Å². The molecular weight excluding hydrogens is 228 g/mol. The molecule has 2 fully saturated rings. The van der Waals surface area contributed by atoms with Crippen LogP contribution in [0.2, 0.25) is 0 Å². The van der Waals surface area contributed by atoms with Gasteiger partial charge in [-0.1, -0.05) is 13.3 Å². The summed E-state index contributed by atoms with van der Waals surface area (Å²) < 4.78 is 0. The molecular formula is C14H24N2O2. The molecule has 0 spiro atoms. The molecule has 2 unspecified atom stereocenters. The molecule has 1 heterocycles.